The number of hydrogen-bond acceptors (Lipinski definition) is 8. The Balaban J connectivity index is 1.51. The first-order valence-corrected chi connectivity index (χ1v) is 13.0. The highest BCUT2D eigenvalue weighted by Gasteiger charge is 2.77. The van der Waals surface area contributed by atoms with E-state index in [-0.39, 0.29) is 43.7 Å². The number of hydrogen-bond donors (Lipinski definition) is 1. The van der Waals surface area contributed by atoms with Gasteiger partial charge in [-0.1, -0.05) is 52.0 Å². The number of aliphatic hydroxyl groups is 1. The summed E-state index contributed by atoms with van der Waals surface area (Å²) in [5, 5.41) is 18.1. The minimum atomic E-state index is -1.25. The van der Waals surface area contributed by atoms with E-state index < -0.39 is 41.5 Å². The molecular formula is C25H28BrN5O6. The lowest BCUT2D eigenvalue weighted by atomic mass is 9.70. The number of likely N-dealkylation sites (tertiary alicyclic amines) is 1. The molecule has 3 aliphatic rings. The fourth-order valence-electron chi connectivity index (χ4n) is 5.99. The molecule has 3 fully saturated rings. The normalized spacial score (nSPS) is 29.9. The lowest BCUT2D eigenvalue weighted by molar-refractivity contribution is -0.154. The second kappa shape index (κ2) is 9.99. The molecular weight excluding hydrogens is 546 g/mol. The van der Waals surface area contributed by atoms with E-state index in [1.165, 1.54) is 15.9 Å². The fourth-order valence-corrected chi connectivity index (χ4v) is 6.94. The Labute approximate surface area is 221 Å². The lowest BCUT2D eigenvalue weighted by Gasteiger charge is -2.36. The van der Waals surface area contributed by atoms with Gasteiger partial charge in [0.15, 0.2) is 0 Å². The van der Waals surface area contributed by atoms with E-state index >= 15 is 0 Å². The van der Waals surface area contributed by atoms with Gasteiger partial charge in [0, 0.05) is 17.9 Å². The standard InChI is InChI=1S/C25H28BrN5O6/c1-3-9-29(14-31-17-8-6-5-7-16(17)27-28-31)23(34)21-25-13-15(26)20(37-25)18(24(35)36-12-4-2)19(25)22(33)30(21)10-11-32/h3-8,15,18-21,32H,1-2,9-14H2/t15?,18-,19+,20-,21?,25?/m1/s1. The summed E-state index contributed by atoms with van der Waals surface area (Å²) in [5.41, 5.74) is 0.189. The highest BCUT2D eigenvalue weighted by atomic mass is 79.9. The van der Waals surface area contributed by atoms with Crippen molar-refractivity contribution >= 4 is 44.7 Å². The van der Waals surface area contributed by atoms with Gasteiger partial charge in [-0.05, 0) is 18.6 Å². The van der Waals surface area contributed by atoms with Gasteiger partial charge in [0.2, 0.25) is 11.8 Å². The Morgan fingerprint density at radius 3 is 2.84 bits per heavy atom. The minimum Gasteiger partial charge on any atom is -0.461 e. The smallest absolute Gasteiger partial charge is 0.312 e. The summed E-state index contributed by atoms with van der Waals surface area (Å²) in [6.45, 7) is 7.19. The van der Waals surface area contributed by atoms with Gasteiger partial charge in [-0.25, -0.2) is 4.68 Å². The van der Waals surface area contributed by atoms with Crippen molar-refractivity contribution in [1.82, 2.24) is 24.8 Å². The van der Waals surface area contributed by atoms with Crippen LogP contribution in [0.25, 0.3) is 11.0 Å². The van der Waals surface area contributed by atoms with Crippen molar-refractivity contribution in [3.8, 4) is 0 Å². The molecule has 0 saturated carbocycles. The zero-order valence-corrected chi connectivity index (χ0v) is 21.7. The zero-order chi connectivity index (χ0) is 26.3. The van der Waals surface area contributed by atoms with E-state index in [1.807, 2.05) is 24.3 Å². The molecule has 0 radical (unpaired) electrons. The van der Waals surface area contributed by atoms with Crippen LogP contribution in [0.3, 0.4) is 0 Å². The molecule has 5 rings (SSSR count). The van der Waals surface area contributed by atoms with Crippen LogP contribution >= 0.6 is 15.9 Å². The van der Waals surface area contributed by atoms with E-state index in [9.17, 15) is 19.5 Å². The molecule has 37 heavy (non-hydrogen) atoms. The highest BCUT2D eigenvalue weighted by molar-refractivity contribution is 9.09. The number of rotatable bonds is 10. The van der Waals surface area contributed by atoms with Crippen LogP contribution in [0.5, 0.6) is 0 Å². The summed E-state index contributed by atoms with van der Waals surface area (Å²) in [7, 11) is 0. The molecule has 3 saturated heterocycles. The number of amides is 2. The summed E-state index contributed by atoms with van der Waals surface area (Å²) in [6, 6.07) is 6.35. The third-order valence-electron chi connectivity index (χ3n) is 7.37. The molecule has 1 aromatic carbocycles. The topological polar surface area (TPSA) is 127 Å². The Morgan fingerprint density at radius 1 is 1.32 bits per heavy atom. The number of nitrogens with zero attached hydrogens (tertiary/aromatic N) is 5. The van der Waals surface area contributed by atoms with Crippen LogP contribution < -0.4 is 0 Å². The van der Waals surface area contributed by atoms with Crippen molar-refractivity contribution in [1.29, 1.82) is 0 Å². The van der Waals surface area contributed by atoms with Crippen LogP contribution in [0.1, 0.15) is 6.42 Å². The number of fused-ring (bicyclic) bond motifs is 2. The zero-order valence-electron chi connectivity index (χ0n) is 20.1. The summed E-state index contributed by atoms with van der Waals surface area (Å²) in [5.74, 6) is -3.13. The quantitative estimate of drug-likeness (QED) is 0.252. The number of esters is 1. The highest BCUT2D eigenvalue weighted by Crippen LogP contribution is 2.60. The number of aliphatic hydroxyl groups excluding tert-OH is 1. The van der Waals surface area contributed by atoms with Crippen molar-refractivity contribution in [3.63, 3.8) is 0 Å². The molecule has 6 atom stereocenters. The predicted molar refractivity (Wildman–Crippen MR) is 135 cm³/mol. The largest absolute Gasteiger partial charge is 0.461 e. The number of benzene rings is 1. The second-order valence-electron chi connectivity index (χ2n) is 9.41. The number of carbonyl (C=O) groups excluding carboxylic acids is 3. The molecule has 4 heterocycles. The molecule has 11 nitrogen and oxygen atoms in total. The van der Waals surface area contributed by atoms with E-state index in [2.05, 4.69) is 39.4 Å². The number of alkyl halides is 1. The molecule has 12 heteroatoms. The van der Waals surface area contributed by atoms with Gasteiger partial charge in [-0.15, -0.1) is 11.7 Å². The van der Waals surface area contributed by atoms with Crippen molar-refractivity contribution in [2.24, 2.45) is 11.8 Å². The first kappa shape index (κ1) is 25.6. The third kappa shape index (κ3) is 3.98. The first-order chi connectivity index (χ1) is 17.9. The molecule has 2 amide bonds. The van der Waals surface area contributed by atoms with E-state index in [0.29, 0.717) is 11.9 Å². The van der Waals surface area contributed by atoms with Crippen LogP contribution in [-0.4, -0.2) is 96.6 Å². The number of para-hydroxylation sites is 1. The maximum atomic E-state index is 14.2. The van der Waals surface area contributed by atoms with Crippen molar-refractivity contribution in [2.75, 3.05) is 26.3 Å². The van der Waals surface area contributed by atoms with Gasteiger partial charge in [0.25, 0.3) is 0 Å². The molecule has 2 aromatic rings. The molecule has 1 N–H and O–H groups in total. The van der Waals surface area contributed by atoms with Crippen LogP contribution in [0.15, 0.2) is 49.6 Å². The number of carbonyl (C=O) groups is 3. The fraction of sp³-hybridized carbons (Fsp3) is 0.480. The maximum absolute atomic E-state index is 14.2. The first-order valence-electron chi connectivity index (χ1n) is 12.1. The lowest BCUT2D eigenvalue weighted by Crippen LogP contribution is -2.57. The number of aromatic nitrogens is 3. The molecule has 1 spiro atoms. The number of halogens is 1. The van der Waals surface area contributed by atoms with Gasteiger partial charge in [0.05, 0.1) is 30.1 Å². The Hall–Kier alpha value is -3.09. The average Bonchev–Trinajstić information content (AvgIpc) is 3.60. The maximum Gasteiger partial charge on any atom is 0.312 e. The van der Waals surface area contributed by atoms with Gasteiger partial charge < -0.3 is 24.4 Å². The number of ether oxygens (including phenoxy) is 2. The molecule has 0 aliphatic carbocycles. The van der Waals surface area contributed by atoms with Gasteiger partial charge >= 0.3 is 5.97 Å². The third-order valence-corrected chi connectivity index (χ3v) is 8.21. The van der Waals surface area contributed by atoms with Crippen molar-refractivity contribution in [3.05, 3.63) is 49.6 Å². The summed E-state index contributed by atoms with van der Waals surface area (Å²) in [6.07, 6.45) is 2.78. The van der Waals surface area contributed by atoms with Crippen LogP contribution in [0.2, 0.25) is 0 Å². The minimum absolute atomic E-state index is 0.00457. The Kier molecular flexibility index (Phi) is 6.90. The van der Waals surface area contributed by atoms with Crippen LogP contribution in [-0.2, 0) is 30.5 Å². The van der Waals surface area contributed by atoms with E-state index in [1.54, 1.807) is 10.8 Å². The van der Waals surface area contributed by atoms with Gasteiger partial charge in [0.1, 0.15) is 30.4 Å². The molecule has 3 aliphatic heterocycles. The van der Waals surface area contributed by atoms with E-state index in [0.717, 1.165) is 5.52 Å². The van der Waals surface area contributed by atoms with Gasteiger partial charge in [-0.2, -0.15) is 0 Å². The second-order valence-corrected chi connectivity index (χ2v) is 10.6. The molecule has 2 bridgehead atoms. The number of β-amino-alcohol motifs (C(OH)–C–C–N with tert-alkyl or cyclic N) is 1. The Morgan fingerprint density at radius 2 is 2.11 bits per heavy atom. The monoisotopic (exact) mass is 573 g/mol. The Bertz CT molecular complexity index is 1250. The molecule has 1 aromatic heterocycles. The molecule has 3 unspecified atom stereocenters. The van der Waals surface area contributed by atoms with Crippen molar-refractivity contribution in [2.45, 2.75) is 35.7 Å². The van der Waals surface area contributed by atoms with Crippen LogP contribution in [0.4, 0.5) is 0 Å². The summed E-state index contributed by atoms with van der Waals surface area (Å²) in [4.78, 5) is 43.6. The summed E-state index contributed by atoms with van der Waals surface area (Å²) >= 11 is 3.61. The molecule has 196 valence electrons. The van der Waals surface area contributed by atoms with Crippen molar-refractivity contribution < 1.29 is 29.0 Å². The summed E-state index contributed by atoms with van der Waals surface area (Å²) < 4.78 is 13.3. The predicted octanol–water partition coefficient (Wildman–Crippen LogP) is 0.873. The van der Waals surface area contributed by atoms with Gasteiger partial charge in [-0.3, -0.25) is 14.4 Å². The van der Waals surface area contributed by atoms with Crippen LogP contribution in [0, 0.1) is 11.8 Å². The average molecular weight is 574 g/mol. The van der Waals surface area contributed by atoms with E-state index in [4.69, 9.17) is 9.47 Å². The SMILES string of the molecule is C=CCOC(=O)[C@H]1[C@@H]2OC3(CC2Br)C(C(=O)N(CC=C)Cn2nnc4ccccc42)N(CCO)C(=O)[C@H]13.